The Morgan fingerprint density at radius 3 is 2.75 bits per heavy atom. The lowest BCUT2D eigenvalue weighted by Gasteiger charge is -1.93. The number of carbonyl (C=O) groups is 1. The van der Waals surface area contributed by atoms with Gasteiger partial charge in [-0.1, -0.05) is 0 Å². The van der Waals surface area contributed by atoms with Gasteiger partial charge in [-0.15, -0.1) is 0 Å². The van der Waals surface area contributed by atoms with Crippen LogP contribution in [0.25, 0.3) is 0 Å². The lowest BCUT2D eigenvalue weighted by atomic mass is 10.3. The molecular formula is C4H6N6O2. The molecule has 0 aliphatic heterocycles. The fourth-order valence-electron chi connectivity index (χ4n) is 0.694. The second-order valence-corrected chi connectivity index (χ2v) is 1.89. The van der Waals surface area contributed by atoms with Crippen LogP contribution >= 0.6 is 0 Å². The molecule has 1 aromatic heterocycles. The molecule has 12 heavy (non-hydrogen) atoms. The second-order valence-electron chi connectivity index (χ2n) is 1.89. The third-order valence-electron chi connectivity index (χ3n) is 1.22. The highest BCUT2D eigenvalue weighted by molar-refractivity contribution is 5.96. The number of nitrogen functional groups attached to an aromatic ring is 1. The minimum Gasteiger partial charge on any atom is -0.291 e. The first-order chi connectivity index (χ1) is 5.70. The van der Waals surface area contributed by atoms with Gasteiger partial charge in [0.1, 0.15) is 0 Å². The van der Waals surface area contributed by atoms with Crippen molar-refractivity contribution in [1.29, 1.82) is 5.53 Å². The van der Waals surface area contributed by atoms with Gasteiger partial charge in [0.25, 0.3) is 11.5 Å². The van der Waals surface area contributed by atoms with Gasteiger partial charge in [0.15, 0.2) is 11.4 Å². The number of hydrogen-bond donors (Lipinski definition) is 5. The number of amides is 1. The molecule has 0 unspecified atom stereocenters. The van der Waals surface area contributed by atoms with E-state index in [-0.39, 0.29) is 11.4 Å². The van der Waals surface area contributed by atoms with E-state index in [1.807, 2.05) is 0 Å². The Morgan fingerprint density at radius 2 is 2.25 bits per heavy atom. The average molecular weight is 170 g/mol. The van der Waals surface area contributed by atoms with Crippen LogP contribution < -0.4 is 16.8 Å². The predicted molar refractivity (Wildman–Crippen MR) is 37.9 cm³/mol. The molecule has 1 rings (SSSR count). The smallest absolute Gasteiger partial charge is 0.291 e. The Morgan fingerprint density at radius 1 is 1.58 bits per heavy atom. The molecular weight excluding hydrogens is 164 g/mol. The fraction of sp³-hybridized carbons (Fsp3) is 0. The van der Waals surface area contributed by atoms with E-state index in [0.29, 0.717) is 0 Å². The summed E-state index contributed by atoms with van der Waals surface area (Å²) in [4.78, 5) is 21.6. The number of rotatable bonds is 2. The number of aromatic amines is 2. The summed E-state index contributed by atoms with van der Waals surface area (Å²) in [5.41, 5.74) is 7.29. The summed E-state index contributed by atoms with van der Waals surface area (Å²) in [6.07, 6.45) is 0. The molecule has 0 fully saturated rings. The maximum atomic E-state index is 10.8. The van der Waals surface area contributed by atoms with Crippen LogP contribution in [-0.4, -0.2) is 16.1 Å². The Hall–Kier alpha value is -1.96. The van der Waals surface area contributed by atoms with Gasteiger partial charge in [-0.2, -0.15) is 5.11 Å². The Balaban J connectivity index is 3.24. The predicted octanol–water partition coefficient (Wildman–Crippen LogP) is -1.03. The van der Waals surface area contributed by atoms with Gasteiger partial charge in [0.05, 0.1) is 0 Å². The first-order valence-electron chi connectivity index (χ1n) is 2.89. The van der Waals surface area contributed by atoms with Crippen molar-refractivity contribution >= 4 is 11.6 Å². The normalized spacial score (nSPS) is 9.42. The van der Waals surface area contributed by atoms with Crippen molar-refractivity contribution in [3.63, 3.8) is 0 Å². The molecule has 1 aromatic rings. The Bertz CT molecular complexity index is 362. The third kappa shape index (κ3) is 1.10. The highest BCUT2D eigenvalue weighted by Crippen LogP contribution is 2.08. The number of hydrazine groups is 1. The van der Waals surface area contributed by atoms with Gasteiger partial charge < -0.3 is 0 Å². The maximum Gasteiger partial charge on any atom is 0.292 e. The number of carbonyl (C=O) groups excluding carboxylic acids is 1. The molecule has 8 nitrogen and oxygen atoms in total. The van der Waals surface area contributed by atoms with Gasteiger partial charge >= 0.3 is 0 Å². The number of H-pyrrole nitrogens is 2. The number of nitrogens with one attached hydrogen (secondary N) is 4. The van der Waals surface area contributed by atoms with Gasteiger partial charge in [0, 0.05) is 0 Å². The zero-order valence-corrected chi connectivity index (χ0v) is 5.84. The van der Waals surface area contributed by atoms with Gasteiger partial charge in [0.2, 0.25) is 0 Å². The fourth-order valence-corrected chi connectivity index (χ4v) is 0.694. The standard InChI is InChI=1S/C4H6N6O2/c5-7-1-2(3(11)8-6)9-10-4(1)12/h5H,6H2,(H,8,11)(H2,9,10,12). The number of aromatic nitrogens is 2. The minimum absolute atomic E-state index is 0.155. The molecule has 0 saturated carbocycles. The molecule has 6 N–H and O–H groups in total. The lowest BCUT2D eigenvalue weighted by molar-refractivity contribution is 0.0949. The highest BCUT2D eigenvalue weighted by atomic mass is 16.2. The minimum atomic E-state index is -0.709. The molecule has 64 valence electrons. The summed E-state index contributed by atoms with van der Waals surface area (Å²) in [5, 5.41) is 7.18. The lowest BCUT2D eigenvalue weighted by Crippen LogP contribution is -2.30. The van der Waals surface area contributed by atoms with Crippen LogP contribution in [0.4, 0.5) is 5.69 Å². The summed E-state index contributed by atoms with van der Waals surface area (Å²) >= 11 is 0. The monoisotopic (exact) mass is 170 g/mol. The molecule has 0 aliphatic rings. The van der Waals surface area contributed by atoms with E-state index in [9.17, 15) is 9.59 Å². The van der Waals surface area contributed by atoms with Crippen LogP contribution in [0, 0.1) is 5.53 Å². The number of nitrogens with zero attached hydrogens (tertiary/aromatic N) is 1. The van der Waals surface area contributed by atoms with E-state index in [1.165, 1.54) is 0 Å². The molecule has 0 radical (unpaired) electrons. The second kappa shape index (κ2) is 2.96. The SMILES string of the molecule is N=Nc1c(C(=O)NN)[nH][nH]c1=O. The summed E-state index contributed by atoms with van der Waals surface area (Å²) in [7, 11) is 0. The Labute approximate surface area is 65.6 Å². The van der Waals surface area contributed by atoms with Crippen molar-refractivity contribution in [2.45, 2.75) is 0 Å². The third-order valence-corrected chi connectivity index (χ3v) is 1.22. The van der Waals surface area contributed by atoms with E-state index in [2.05, 4.69) is 15.3 Å². The molecule has 0 aromatic carbocycles. The molecule has 0 bridgehead atoms. The van der Waals surface area contributed by atoms with Crippen molar-refractivity contribution in [3.8, 4) is 0 Å². The van der Waals surface area contributed by atoms with Crippen molar-refractivity contribution < 1.29 is 4.79 Å². The first kappa shape index (κ1) is 8.14. The number of hydrogen-bond acceptors (Lipinski definition) is 5. The summed E-state index contributed by atoms with van der Waals surface area (Å²) < 4.78 is 0. The largest absolute Gasteiger partial charge is 0.292 e. The van der Waals surface area contributed by atoms with Gasteiger partial charge in [-0.3, -0.25) is 25.2 Å². The topological polar surface area (TPSA) is 140 Å². The van der Waals surface area contributed by atoms with Crippen LogP contribution in [0.5, 0.6) is 0 Å². The van der Waals surface area contributed by atoms with Crippen LogP contribution in [0.1, 0.15) is 10.5 Å². The average Bonchev–Trinajstić information content (AvgIpc) is 2.45. The quantitative estimate of drug-likeness (QED) is 0.168. The molecule has 0 spiro atoms. The van der Waals surface area contributed by atoms with E-state index >= 15 is 0 Å². The molecule has 1 amide bonds. The van der Waals surface area contributed by atoms with E-state index < -0.39 is 11.5 Å². The summed E-state index contributed by atoms with van der Waals surface area (Å²) in [6.45, 7) is 0. The molecule has 0 saturated heterocycles. The van der Waals surface area contributed by atoms with Crippen molar-refractivity contribution in [3.05, 3.63) is 16.0 Å². The van der Waals surface area contributed by atoms with Crippen molar-refractivity contribution in [2.24, 2.45) is 11.0 Å². The van der Waals surface area contributed by atoms with Crippen molar-refractivity contribution in [1.82, 2.24) is 15.6 Å². The summed E-state index contributed by atoms with van der Waals surface area (Å²) in [5.74, 6) is 4.09. The molecule has 8 heteroatoms. The zero-order valence-electron chi connectivity index (χ0n) is 5.84. The maximum absolute atomic E-state index is 10.8. The van der Waals surface area contributed by atoms with Crippen molar-refractivity contribution in [2.75, 3.05) is 0 Å². The first-order valence-corrected chi connectivity index (χ1v) is 2.89. The van der Waals surface area contributed by atoms with E-state index in [0.717, 1.165) is 0 Å². The van der Waals surface area contributed by atoms with Crippen LogP contribution in [0.3, 0.4) is 0 Å². The Kier molecular flexibility index (Phi) is 2.01. The molecule has 0 aliphatic carbocycles. The highest BCUT2D eigenvalue weighted by Gasteiger charge is 2.15. The van der Waals surface area contributed by atoms with Gasteiger partial charge in [-0.25, -0.2) is 11.4 Å². The van der Waals surface area contributed by atoms with E-state index in [1.54, 1.807) is 5.43 Å². The van der Waals surface area contributed by atoms with Crippen LogP contribution in [-0.2, 0) is 0 Å². The van der Waals surface area contributed by atoms with Gasteiger partial charge in [-0.05, 0) is 0 Å². The van der Waals surface area contributed by atoms with E-state index in [4.69, 9.17) is 11.4 Å². The molecule has 0 atom stereocenters. The summed E-state index contributed by atoms with van der Waals surface area (Å²) in [6, 6.07) is 0. The molecule has 1 heterocycles. The van der Waals surface area contributed by atoms with Crippen LogP contribution in [0.15, 0.2) is 9.91 Å². The van der Waals surface area contributed by atoms with Crippen LogP contribution in [0.2, 0.25) is 0 Å². The number of nitrogens with two attached hydrogens (primary N) is 1. The zero-order chi connectivity index (χ0) is 9.14.